The van der Waals surface area contributed by atoms with Gasteiger partial charge in [0.1, 0.15) is 0 Å². The fraction of sp³-hybridized carbons (Fsp3) is 1.00. The molecule has 0 saturated heterocycles. The van der Waals surface area contributed by atoms with Crippen LogP contribution in [0, 0.1) is 0 Å². The van der Waals surface area contributed by atoms with Crippen molar-refractivity contribution in [3.05, 3.63) is 0 Å². The van der Waals surface area contributed by atoms with E-state index in [-0.39, 0.29) is 13.2 Å². The van der Waals surface area contributed by atoms with E-state index in [1.807, 2.05) is 6.92 Å². The molecule has 0 aromatic carbocycles. The Kier molecular flexibility index (Phi) is 13.7. The first kappa shape index (κ1) is 19.9. The summed E-state index contributed by atoms with van der Waals surface area (Å²) < 4.78 is 31.8. The molecule has 0 N–H and O–H groups in total. The van der Waals surface area contributed by atoms with Gasteiger partial charge in [0.15, 0.2) is 0 Å². The Balaban J connectivity index is 3.24. The first-order valence-corrected chi connectivity index (χ1v) is 9.49. The van der Waals surface area contributed by atoms with E-state index in [4.69, 9.17) is 4.18 Å². The second-order valence-electron chi connectivity index (χ2n) is 5.23. The monoisotopic (exact) mass is 308 g/mol. The van der Waals surface area contributed by atoms with E-state index in [9.17, 15) is 8.42 Å². The van der Waals surface area contributed by atoms with Gasteiger partial charge in [-0.2, -0.15) is 8.42 Å². The molecule has 0 unspecified atom stereocenters. The molecule has 0 amide bonds. The fourth-order valence-electron chi connectivity index (χ4n) is 1.97. The van der Waals surface area contributed by atoms with E-state index in [2.05, 4.69) is 11.1 Å². The van der Waals surface area contributed by atoms with Gasteiger partial charge in [0.25, 0.3) is 0 Å². The summed E-state index contributed by atoms with van der Waals surface area (Å²) in [5.74, 6) is 0. The summed E-state index contributed by atoms with van der Waals surface area (Å²) in [7, 11) is -3.75. The van der Waals surface area contributed by atoms with Crippen molar-refractivity contribution in [1.29, 1.82) is 0 Å². The smallest absolute Gasteiger partial charge is 0.248 e. The summed E-state index contributed by atoms with van der Waals surface area (Å²) >= 11 is 0. The molecule has 122 valence electrons. The normalized spacial score (nSPS) is 11.9. The summed E-state index contributed by atoms with van der Waals surface area (Å²) in [5.41, 5.74) is 0. The standard InChI is InChI=1S/C15H32O4S/c1-3-5-6-7-8-9-10-11-12-13-15-19-20(16,17)18-14-4-2/h3-15H2,1-2H3. The van der Waals surface area contributed by atoms with Gasteiger partial charge in [-0.15, -0.1) is 0 Å². The molecule has 0 spiro atoms. The Bertz CT molecular complexity index is 288. The molecule has 4 nitrogen and oxygen atoms in total. The lowest BCUT2D eigenvalue weighted by atomic mass is 10.1. The molecule has 0 bridgehead atoms. The molecule has 20 heavy (non-hydrogen) atoms. The van der Waals surface area contributed by atoms with Crippen LogP contribution >= 0.6 is 0 Å². The second kappa shape index (κ2) is 13.8. The lowest BCUT2D eigenvalue weighted by molar-refractivity contribution is 0.211. The van der Waals surface area contributed by atoms with Crippen LogP contribution in [0.1, 0.15) is 84.5 Å². The molecule has 0 aliphatic heterocycles. The van der Waals surface area contributed by atoms with Crippen molar-refractivity contribution in [2.45, 2.75) is 84.5 Å². The van der Waals surface area contributed by atoms with Gasteiger partial charge >= 0.3 is 10.4 Å². The van der Waals surface area contributed by atoms with Crippen molar-refractivity contribution in [1.82, 2.24) is 0 Å². The van der Waals surface area contributed by atoms with Gasteiger partial charge in [0.2, 0.25) is 0 Å². The van der Waals surface area contributed by atoms with E-state index in [1.54, 1.807) is 0 Å². The van der Waals surface area contributed by atoms with E-state index in [0.29, 0.717) is 6.42 Å². The van der Waals surface area contributed by atoms with E-state index in [0.717, 1.165) is 19.3 Å². The van der Waals surface area contributed by atoms with Crippen molar-refractivity contribution in [2.75, 3.05) is 13.2 Å². The predicted molar refractivity (Wildman–Crippen MR) is 83.0 cm³/mol. The maximum absolute atomic E-state index is 11.2. The number of hydrogen-bond donors (Lipinski definition) is 0. The highest BCUT2D eigenvalue weighted by atomic mass is 32.3. The lowest BCUT2D eigenvalue weighted by Crippen LogP contribution is -2.11. The molecule has 0 fully saturated rings. The van der Waals surface area contributed by atoms with Crippen LogP contribution < -0.4 is 0 Å². The van der Waals surface area contributed by atoms with Crippen LogP contribution in [0.15, 0.2) is 0 Å². The van der Waals surface area contributed by atoms with E-state index >= 15 is 0 Å². The molecule has 0 aromatic rings. The van der Waals surface area contributed by atoms with Crippen LogP contribution in [0.4, 0.5) is 0 Å². The van der Waals surface area contributed by atoms with Gasteiger partial charge in [0, 0.05) is 0 Å². The van der Waals surface area contributed by atoms with Gasteiger partial charge in [-0.05, 0) is 12.8 Å². The fourth-order valence-corrected chi connectivity index (χ4v) is 2.73. The van der Waals surface area contributed by atoms with Crippen LogP contribution in [0.5, 0.6) is 0 Å². The summed E-state index contributed by atoms with van der Waals surface area (Å²) in [6.45, 7) is 4.52. The van der Waals surface area contributed by atoms with Crippen molar-refractivity contribution in [3.63, 3.8) is 0 Å². The average Bonchev–Trinajstić information content (AvgIpc) is 2.42. The molecule has 0 aliphatic carbocycles. The molecule has 0 heterocycles. The minimum absolute atomic E-state index is 0.195. The predicted octanol–water partition coefficient (Wildman–Crippen LogP) is 4.60. The third kappa shape index (κ3) is 14.3. The van der Waals surface area contributed by atoms with Crippen molar-refractivity contribution in [3.8, 4) is 0 Å². The third-order valence-corrected chi connectivity index (χ3v) is 4.07. The molecule has 5 heteroatoms. The molecular formula is C15H32O4S. The third-order valence-electron chi connectivity index (χ3n) is 3.16. The van der Waals surface area contributed by atoms with Gasteiger partial charge in [0.05, 0.1) is 13.2 Å². The molecule has 0 atom stereocenters. The summed E-state index contributed by atoms with van der Waals surface area (Å²) in [6, 6.07) is 0. The number of rotatable bonds is 15. The first-order valence-electron chi connectivity index (χ1n) is 8.16. The maximum atomic E-state index is 11.2. The van der Waals surface area contributed by atoms with Crippen LogP contribution in [-0.4, -0.2) is 21.6 Å². The van der Waals surface area contributed by atoms with Crippen molar-refractivity contribution in [2.24, 2.45) is 0 Å². The van der Waals surface area contributed by atoms with Crippen LogP contribution in [0.2, 0.25) is 0 Å². The molecule has 0 radical (unpaired) electrons. The highest BCUT2D eigenvalue weighted by molar-refractivity contribution is 7.81. The molecule has 0 saturated carbocycles. The Labute approximate surface area is 125 Å². The highest BCUT2D eigenvalue weighted by Gasteiger charge is 2.10. The lowest BCUT2D eigenvalue weighted by Gasteiger charge is -2.05. The zero-order valence-electron chi connectivity index (χ0n) is 13.2. The van der Waals surface area contributed by atoms with Gasteiger partial charge < -0.3 is 0 Å². The van der Waals surface area contributed by atoms with Gasteiger partial charge in [-0.1, -0.05) is 71.6 Å². The zero-order chi connectivity index (χ0) is 15.1. The maximum Gasteiger partial charge on any atom is 0.399 e. The largest absolute Gasteiger partial charge is 0.399 e. The summed E-state index contributed by atoms with van der Waals surface area (Å²) in [6.07, 6.45) is 12.9. The Morgan fingerprint density at radius 3 is 1.55 bits per heavy atom. The van der Waals surface area contributed by atoms with Crippen molar-refractivity contribution < 1.29 is 16.8 Å². The van der Waals surface area contributed by atoms with Gasteiger partial charge in [-0.3, -0.25) is 0 Å². The Morgan fingerprint density at radius 1 is 0.600 bits per heavy atom. The first-order chi connectivity index (χ1) is 9.62. The molecular weight excluding hydrogens is 276 g/mol. The van der Waals surface area contributed by atoms with E-state index in [1.165, 1.54) is 44.9 Å². The second-order valence-corrected chi connectivity index (χ2v) is 6.52. The topological polar surface area (TPSA) is 52.6 Å². The number of hydrogen-bond acceptors (Lipinski definition) is 4. The van der Waals surface area contributed by atoms with E-state index < -0.39 is 10.4 Å². The minimum atomic E-state index is -3.75. The molecule has 0 aromatic heterocycles. The van der Waals surface area contributed by atoms with Crippen LogP contribution in [-0.2, 0) is 18.8 Å². The minimum Gasteiger partial charge on any atom is -0.248 e. The quantitative estimate of drug-likeness (QED) is 0.415. The average molecular weight is 308 g/mol. The van der Waals surface area contributed by atoms with Gasteiger partial charge in [-0.25, -0.2) is 8.37 Å². The molecule has 0 rings (SSSR count). The number of unbranched alkanes of at least 4 members (excludes halogenated alkanes) is 9. The summed E-state index contributed by atoms with van der Waals surface area (Å²) in [4.78, 5) is 0. The molecule has 0 aliphatic rings. The zero-order valence-corrected chi connectivity index (χ0v) is 14.1. The SMILES string of the molecule is CCCCCCCCCCCCOS(=O)(=O)OCCC. The van der Waals surface area contributed by atoms with Crippen molar-refractivity contribution >= 4 is 10.4 Å². The Morgan fingerprint density at radius 2 is 1.05 bits per heavy atom. The van der Waals surface area contributed by atoms with Crippen LogP contribution in [0.3, 0.4) is 0 Å². The Hall–Kier alpha value is -0.130. The van der Waals surface area contributed by atoms with Crippen LogP contribution in [0.25, 0.3) is 0 Å². The highest BCUT2D eigenvalue weighted by Crippen LogP contribution is 2.10. The summed E-state index contributed by atoms with van der Waals surface area (Å²) in [5, 5.41) is 0.